The second-order valence-electron chi connectivity index (χ2n) is 5.31. The zero-order valence-corrected chi connectivity index (χ0v) is 13.5. The van der Waals surface area contributed by atoms with E-state index in [-0.39, 0.29) is 5.91 Å². The van der Waals surface area contributed by atoms with Crippen LogP contribution in [0.15, 0.2) is 24.3 Å². The van der Waals surface area contributed by atoms with Gasteiger partial charge in [0, 0.05) is 28.8 Å². The number of hydrogen-bond acceptors (Lipinski definition) is 2. The van der Waals surface area contributed by atoms with Gasteiger partial charge in [-0.1, -0.05) is 13.0 Å². The van der Waals surface area contributed by atoms with Crippen molar-refractivity contribution in [2.45, 2.75) is 19.8 Å². The van der Waals surface area contributed by atoms with Crippen LogP contribution in [0.2, 0.25) is 0 Å². The minimum Gasteiger partial charge on any atom is -0.351 e. The van der Waals surface area contributed by atoms with Gasteiger partial charge >= 0.3 is 0 Å². The number of carbonyl (C=O) groups is 1. The molecule has 19 heavy (non-hydrogen) atoms. The average molecular weight is 372 g/mol. The molecule has 0 bridgehead atoms. The zero-order valence-electron chi connectivity index (χ0n) is 11.4. The topological polar surface area (TPSA) is 32.3 Å². The average Bonchev–Trinajstić information content (AvgIpc) is 2.38. The molecule has 1 unspecified atom stereocenters. The second kappa shape index (κ2) is 7.24. The van der Waals surface area contributed by atoms with Crippen LogP contribution < -0.4 is 5.32 Å². The Morgan fingerprint density at radius 1 is 1.53 bits per heavy atom. The number of nitrogens with zero attached hydrogens (tertiary/aromatic N) is 1. The van der Waals surface area contributed by atoms with Crippen molar-refractivity contribution >= 4 is 28.5 Å². The molecule has 1 aromatic rings. The van der Waals surface area contributed by atoms with E-state index in [1.54, 1.807) is 0 Å². The quantitative estimate of drug-likeness (QED) is 0.825. The van der Waals surface area contributed by atoms with Crippen molar-refractivity contribution in [1.82, 2.24) is 10.2 Å². The lowest BCUT2D eigenvalue weighted by atomic mass is 10.0. The van der Waals surface area contributed by atoms with Crippen molar-refractivity contribution in [2.24, 2.45) is 5.92 Å². The van der Waals surface area contributed by atoms with Crippen molar-refractivity contribution in [3.8, 4) is 0 Å². The van der Waals surface area contributed by atoms with Gasteiger partial charge in [0.2, 0.25) is 0 Å². The molecule has 1 amide bonds. The molecule has 3 nitrogen and oxygen atoms in total. The summed E-state index contributed by atoms with van der Waals surface area (Å²) in [5.74, 6) is 0.823. The van der Waals surface area contributed by atoms with Crippen molar-refractivity contribution in [1.29, 1.82) is 0 Å². The highest BCUT2D eigenvalue weighted by Crippen LogP contribution is 2.14. The lowest BCUT2D eigenvalue weighted by Crippen LogP contribution is -2.40. The summed E-state index contributed by atoms with van der Waals surface area (Å²) in [7, 11) is 0. The highest BCUT2D eigenvalue weighted by molar-refractivity contribution is 14.1. The maximum absolute atomic E-state index is 12.0. The molecule has 0 saturated carbocycles. The molecular formula is C15H21IN2O. The molecular weight excluding hydrogens is 351 g/mol. The fraction of sp³-hybridized carbons (Fsp3) is 0.533. The van der Waals surface area contributed by atoms with Gasteiger partial charge in [-0.25, -0.2) is 0 Å². The van der Waals surface area contributed by atoms with Gasteiger partial charge in [0.1, 0.15) is 0 Å². The fourth-order valence-corrected chi connectivity index (χ4v) is 3.09. The standard InChI is InChI=1S/C15H21IN2O/c1-12-4-3-8-18(11-12)9-7-17-15(19)13-5-2-6-14(16)10-13/h2,5-6,10,12H,3-4,7-9,11H2,1H3,(H,17,19). The molecule has 1 fully saturated rings. The Hall–Kier alpha value is -0.620. The summed E-state index contributed by atoms with van der Waals surface area (Å²) >= 11 is 2.23. The number of benzene rings is 1. The lowest BCUT2D eigenvalue weighted by Gasteiger charge is -2.30. The van der Waals surface area contributed by atoms with E-state index >= 15 is 0 Å². The molecule has 2 rings (SSSR count). The summed E-state index contributed by atoms with van der Waals surface area (Å²) in [6, 6.07) is 7.69. The molecule has 1 saturated heterocycles. The zero-order chi connectivity index (χ0) is 13.7. The number of hydrogen-bond donors (Lipinski definition) is 1. The number of nitrogens with one attached hydrogen (secondary N) is 1. The fourth-order valence-electron chi connectivity index (χ4n) is 2.55. The van der Waals surface area contributed by atoms with E-state index in [0.717, 1.165) is 28.1 Å². The molecule has 1 atom stereocenters. The summed E-state index contributed by atoms with van der Waals surface area (Å²) in [5.41, 5.74) is 0.749. The van der Waals surface area contributed by atoms with E-state index in [1.165, 1.54) is 25.9 Å². The molecule has 0 aromatic heterocycles. The van der Waals surface area contributed by atoms with Crippen LogP contribution in [0.4, 0.5) is 0 Å². The summed E-state index contributed by atoms with van der Waals surface area (Å²) in [4.78, 5) is 14.4. The van der Waals surface area contributed by atoms with E-state index in [0.29, 0.717) is 0 Å². The number of likely N-dealkylation sites (tertiary alicyclic amines) is 1. The Balaban J connectivity index is 1.75. The Bertz CT molecular complexity index is 436. The molecule has 1 aromatic carbocycles. The number of amides is 1. The summed E-state index contributed by atoms with van der Waals surface area (Å²) in [6.07, 6.45) is 2.62. The van der Waals surface area contributed by atoms with Gasteiger partial charge in [-0.2, -0.15) is 0 Å². The Morgan fingerprint density at radius 2 is 2.37 bits per heavy atom. The SMILES string of the molecule is CC1CCCN(CCNC(=O)c2cccc(I)c2)C1. The first-order valence-corrected chi connectivity index (χ1v) is 7.99. The van der Waals surface area contributed by atoms with Gasteiger partial charge in [-0.05, 0) is 66.1 Å². The normalized spacial score (nSPS) is 20.2. The number of halogens is 1. The van der Waals surface area contributed by atoms with Crippen molar-refractivity contribution in [3.63, 3.8) is 0 Å². The van der Waals surface area contributed by atoms with Gasteiger partial charge in [-0.3, -0.25) is 4.79 Å². The van der Waals surface area contributed by atoms with Crippen molar-refractivity contribution in [2.75, 3.05) is 26.2 Å². The number of piperidine rings is 1. The maximum Gasteiger partial charge on any atom is 0.251 e. The van der Waals surface area contributed by atoms with Gasteiger partial charge in [0.15, 0.2) is 0 Å². The minimum absolute atomic E-state index is 0.0311. The van der Waals surface area contributed by atoms with Crippen molar-refractivity contribution < 1.29 is 4.79 Å². The molecule has 1 N–H and O–H groups in total. The summed E-state index contributed by atoms with van der Waals surface area (Å²) < 4.78 is 1.09. The molecule has 1 heterocycles. The third kappa shape index (κ3) is 4.76. The van der Waals surface area contributed by atoms with Gasteiger partial charge in [-0.15, -0.1) is 0 Å². The highest BCUT2D eigenvalue weighted by atomic mass is 127. The molecule has 1 aliphatic rings. The lowest BCUT2D eigenvalue weighted by molar-refractivity contribution is 0.0943. The van der Waals surface area contributed by atoms with Crippen LogP contribution in [0.1, 0.15) is 30.1 Å². The van der Waals surface area contributed by atoms with Crippen LogP contribution in [0, 0.1) is 9.49 Å². The van der Waals surface area contributed by atoms with E-state index in [1.807, 2.05) is 24.3 Å². The first-order chi connectivity index (χ1) is 9.15. The molecule has 104 valence electrons. The monoisotopic (exact) mass is 372 g/mol. The largest absolute Gasteiger partial charge is 0.351 e. The van der Waals surface area contributed by atoms with E-state index < -0.39 is 0 Å². The third-order valence-corrected chi connectivity index (χ3v) is 4.21. The molecule has 0 aliphatic carbocycles. The van der Waals surface area contributed by atoms with E-state index in [9.17, 15) is 4.79 Å². The van der Waals surface area contributed by atoms with Crippen LogP contribution in [0.25, 0.3) is 0 Å². The predicted octanol–water partition coefficient (Wildman–Crippen LogP) is 2.75. The van der Waals surface area contributed by atoms with Crippen LogP contribution in [-0.2, 0) is 0 Å². The maximum atomic E-state index is 12.0. The first-order valence-electron chi connectivity index (χ1n) is 6.91. The summed E-state index contributed by atoms with van der Waals surface area (Å²) in [6.45, 7) is 6.33. The summed E-state index contributed by atoms with van der Waals surface area (Å²) in [5, 5.41) is 3.00. The van der Waals surface area contributed by atoms with Crippen LogP contribution in [0.3, 0.4) is 0 Å². The van der Waals surface area contributed by atoms with Crippen LogP contribution in [0.5, 0.6) is 0 Å². The Kier molecular flexibility index (Phi) is 5.63. The van der Waals surface area contributed by atoms with E-state index in [2.05, 4.69) is 39.7 Å². The predicted molar refractivity (Wildman–Crippen MR) is 86.3 cm³/mol. The molecule has 0 radical (unpaired) electrons. The van der Waals surface area contributed by atoms with Gasteiger partial charge in [0.25, 0.3) is 5.91 Å². The first kappa shape index (κ1) is 14.8. The molecule has 0 spiro atoms. The number of carbonyl (C=O) groups excluding carboxylic acids is 1. The second-order valence-corrected chi connectivity index (χ2v) is 6.56. The van der Waals surface area contributed by atoms with Gasteiger partial charge < -0.3 is 10.2 Å². The van der Waals surface area contributed by atoms with Crippen molar-refractivity contribution in [3.05, 3.63) is 33.4 Å². The number of rotatable bonds is 4. The molecule has 4 heteroatoms. The van der Waals surface area contributed by atoms with Gasteiger partial charge in [0.05, 0.1) is 0 Å². The van der Waals surface area contributed by atoms with Crippen LogP contribution in [-0.4, -0.2) is 37.0 Å². The molecule has 1 aliphatic heterocycles. The third-order valence-electron chi connectivity index (χ3n) is 3.54. The Labute approximate surface area is 128 Å². The van der Waals surface area contributed by atoms with Crippen LogP contribution >= 0.6 is 22.6 Å². The smallest absolute Gasteiger partial charge is 0.251 e. The Morgan fingerprint density at radius 3 is 3.11 bits per heavy atom. The minimum atomic E-state index is 0.0311. The highest BCUT2D eigenvalue weighted by Gasteiger charge is 2.15. The van der Waals surface area contributed by atoms with E-state index in [4.69, 9.17) is 0 Å².